The number of furan rings is 1. The number of anilines is 1. The van der Waals surface area contributed by atoms with E-state index in [4.69, 9.17) is 8.83 Å². The second-order valence-corrected chi connectivity index (χ2v) is 6.81. The van der Waals surface area contributed by atoms with Gasteiger partial charge in [-0.05, 0) is 53.7 Å². The molecule has 0 bridgehead atoms. The number of carbonyl (C=O) groups excluding carboxylic acids is 1. The molecule has 1 atom stereocenters. The van der Waals surface area contributed by atoms with Crippen molar-refractivity contribution in [3.63, 3.8) is 0 Å². The molecular formula is C20H14FN3O3S. The number of halogens is 1. The smallest absolute Gasteiger partial charge is 0.284 e. The third-order valence-electron chi connectivity index (χ3n) is 3.81. The summed E-state index contributed by atoms with van der Waals surface area (Å²) in [7, 11) is 0. The molecule has 1 amide bonds. The average Bonchev–Trinajstić information content (AvgIpc) is 3.40. The molecule has 2 aromatic carbocycles. The van der Waals surface area contributed by atoms with E-state index in [0.717, 1.165) is 17.3 Å². The van der Waals surface area contributed by atoms with E-state index in [1.165, 1.54) is 30.5 Å². The van der Waals surface area contributed by atoms with Gasteiger partial charge in [0.1, 0.15) is 11.1 Å². The largest absolute Gasteiger partial charge is 0.459 e. The molecule has 4 aromatic rings. The predicted molar refractivity (Wildman–Crippen MR) is 102 cm³/mol. The van der Waals surface area contributed by atoms with E-state index in [-0.39, 0.29) is 22.8 Å². The summed E-state index contributed by atoms with van der Waals surface area (Å²) in [6.07, 6.45) is 1.51. The molecule has 2 heterocycles. The quantitative estimate of drug-likeness (QED) is 0.466. The van der Waals surface area contributed by atoms with Crippen LogP contribution >= 0.6 is 11.8 Å². The topological polar surface area (TPSA) is 81.2 Å². The first-order chi connectivity index (χ1) is 13.7. The molecule has 0 spiro atoms. The number of nitrogens with zero attached hydrogens (tertiary/aromatic N) is 2. The molecule has 0 unspecified atom stereocenters. The third-order valence-corrected chi connectivity index (χ3v) is 4.90. The van der Waals surface area contributed by atoms with Crippen LogP contribution in [0.15, 0.2) is 87.1 Å². The monoisotopic (exact) mass is 395 g/mol. The van der Waals surface area contributed by atoms with Crippen molar-refractivity contribution in [1.29, 1.82) is 0 Å². The number of rotatable bonds is 6. The van der Waals surface area contributed by atoms with Gasteiger partial charge in [-0.3, -0.25) is 4.79 Å². The fourth-order valence-corrected chi connectivity index (χ4v) is 3.38. The van der Waals surface area contributed by atoms with Crippen LogP contribution in [0.2, 0.25) is 0 Å². The molecule has 6 nitrogen and oxygen atoms in total. The maximum Gasteiger partial charge on any atom is 0.284 e. The molecule has 1 N–H and O–H groups in total. The highest BCUT2D eigenvalue weighted by atomic mass is 32.2. The maximum absolute atomic E-state index is 13.1. The predicted octanol–water partition coefficient (Wildman–Crippen LogP) is 4.94. The van der Waals surface area contributed by atoms with Gasteiger partial charge in [0.2, 0.25) is 5.91 Å². The van der Waals surface area contributed by atoms with Gasteiger partial charge < -0.3 is 14.2 Å². The lowest BCUT2D eigenvalue weighted by molar-refractivity contribution is -0.115. The number of carbonyl (C=O) groups is 1. The van der Waals surface area contributed by atoms with Crippen molar-refractivity contribution in [1.82, 2.24) is 10.2 Å². The second-order valence-electron chi connectivity index (χ2n) is 5.76. The van der Waals surface area contributed by atoms with E-state index in [1.54, 1.807) is 12.1 Å². The first kappa shape index (κ1) is 18.0. The standard InChI is InChI=1S/C20H14FN3O3S/c21-14-8-10-15(11-9-14)22-18(25)17(13-5-2-1-3-6-13)28-20-24-23-19(27-20)16-7-4-12-26-16/h1-12,17H,(H,22,25)/t17-/m1/s1. The van der Waals surface area contributed by atoms with E-state index in [9.17, 15) is 9.18 Å². The van der Waals surface area contributed by atoms with Crippen LogP contribution in [0.1, 0.15) is 10.8 Å². The second kappa shape index (κ2) is 8.10. The molecule has 0 saturated heterocycles. The SMILES string of the molecule is O=C(Nc1ccc(F)cc1)[C@H](Sc1nnc(-c2ccco2)o1)c1ccccc1. The van der Waals surface area contributed by atoms with Crippen molar-refractivity contribution < 1.29 is 18.0 Å². The highest BCUT2D eigenvalue weighted by Crippen LogP contribution is 2.36. The third kappa shape index (κ3) is 4.12. The van der Waals surface area contributed by atoms with Gasteiger partial charge in [0, 0.05) is 5.69 Å². The summed E-state index contributed by atoms with van der Waals surface area (Å²) < 4.78 is 24.0. The fraction of sp³-hybridized carbons (Fsp3) is 0.0500. The number of benzene rings is 2. The van der Waals surface area contributed by atoms with Gasteiger partial charge in [-0.25, -0.2) is 4.39 Å². The molecule has 140 valence electrons. The molecule has 28 heavy (non-hydrogen) atoms. The van der Waals surface area contributed by atoms with Crippen LogP contribution in [0.4, 0.5) is 10.1 Å². The molecule has 0 fully saturated rings. The summed E-state index contributed by atoms with van der Waals surface area (Å²) in [4.78, 5) is 12.9. The Hall–Kier alpha value is -3.39. The number of thioether (sulfide) groups is 1. The maximum atomic E-state index is 13.1. The van der Waals surface area contributed by atoms with Crippen molar-refractivity contribution in [2.75, 3.05) is 5.32 Å². The lowest BCUT2D eigenvalue weighted by Crippen LogP contribution is -2.19. The van der Waals surface area contributed by atoms with Gasteiger partial charge in [-0.15, -0.1) is 10.2 Å². The van der Waals surface area contributed by atoms with Crippen LogP contribution < -0.4 is 5.32 Å². The first-order valence-corrected chi connectivity index (χ1v) is 9.22. The lowest BCUT2D eigenvalue weighted by Gasteiger charge is -2.15. The van der Waals surface area contributed by atoms with Crippen LogP contribution in [0.3, 0.4) is 0 Å². The molecule has 0 aliphatic rings. The summed E-state index contributed by atoms with van der Waals surface area (Å²) in [5.41, 5.74) is 1.26. The Balaban J connectivity index is 1.57. The van der Waals surface area contributed by atoms with Crippen LogP contribution in [-0.2, 0) is 4.79 Å². The number of hydrogen-bond donors (Lipinski definition) is 1. The van der Waals surface area contributed by atoms with Crippen LogP contribution in [0, 0.1) is 5.82 Å². The van der Waals surface area contributed by atoms with Gasteiger partial charge in [0.05, 0.1) is 6.26 Å². The van der Waals surface area contributed by atoms with Gasteiger partial charge in [0.25, 0.3) is 11.1 Å². The Bertz CT molecular complexity index is 1050. The van der Waals surface area contributed by atoms with Crippen molar-refractivity contribution >= 4 is 23.4 Å². The highest BCUT2D eigenvalue weighted by Gasteiger charge is 2.25. The van der Waals surface area contributed by atoms with Crippen molar-refractivity contribution in [2.24, 2.45) is 0 Å². The molecule has 0 aliphatic carbocycles. The van der Waals surface area contributed by atoms with Crippen molar-refractivity contribution in [3.05, 3.63) is 84.4 Å². The minimum atomic E-state index is -0.642. The van der Waals surface area contributed by atoms with Gasteiger partial charge in [-0.2, -0.15) is 0 Å². The summed E-state index contributed by atoms with van der Waals surface area (Å²) >= 11 is 1.12. The Kier molecular flexibility index (Phi) is 5.20. The highest BCUT2D eigenvalue weighted by molar-refractivity contribution is 8.00. The van der Waals surface area contributed by atoms with Gasteiger partial charge in [-0.1, -0.05) is 30.3 Å². The Labute approximate surface area is 163 Å². The summed E-state index contributed by atoms with van der Waals surface area (Å²) in [5.74, 6) is 0.0217. The molecule has 4 rings (SSSR count). The van der Waals surface area contributed by atoms with Crippen molar-refractivity contribution in [2.45, 2.75) is 10.5 Å². The summed E-state index contributed by atoms with van der Waals surface area (Å²) in [6.45, 7) is 0. The fourth-order valence-electron chi connectivity index (χ4n) is 2.50. The first-order valence-electron chi connectivity index (χ1n) is 8.34. The van der Waals surface area contributed by atoms with E-state index in [2.05, 4.69) is 15.5 Å². The summed E-state index contributed by atoms with van der Waals surface area (Å²) in [6, 6.07) is 18.2. The molecule has 8 heteroatoms. The molecular weight excluding hydrogens is 381 g/mol. The van der Waals surface area contributed by atoms with E-state index >= 15 is 0 Å². The molecule has 2 aromatic heterocycles. The summed E-state index contributed by atoms with van der Waals surface area (Å²) in [5, 5.41) is 10.3. The van der Waals surface area contributed by atoms with Crippen molar-refractivity contribution in [3.8, 4) is 11.7 Å². The zero-order valence-corrected chi connectivity index (χ0v) is 15.2. The van der Waals surface area contributed by atoms with E-state index in [0.29, 0.717) is 11.4 Å². The number of hydrogen-bond acceptors (Lipinski definition) is 6. The number of nitrogens with one attached hydrogen (secondary N) is 1. The zero-order valence-electron chi connectivity index (χ0n) is 14.4. The number of aromatic nitrogens is 2. The van der Waals surface area contributed by atoms with Crippen LogP contribution in [0.5, 0.6) is 0 Å². The van der Waals surface area contributed by atoms with E-state index < -0.39 is 5.25 Å². The zero-order chi connectivity index (χ0) is 19.3. The Morgan fingerprint density at radius 2 is 1.79 bits per heavy atom. The Morgan fingerprint density at radius 3 is 2.50 bits per heavy atom. The minimum absolute atomic E-state index is 0.231. The number of amides is 1. The molecule has 0 saturated carbocycles. The lowest BCUT2D eigenvalue weighted by atomic mass is 10.1. The molecule has 0 radical (unpaired) electrons. The average molecular weight is 395 g/mol. The van der Waals surface area contributed by atoms with Crippen LogP contribution in [0.25, 0.3) is 11.7 Å². The molecule has 0 aliphatic heterocycles. The minimum Gasteiger partial charge on any atom is -0.459 e. The normalized spacial score (nSPS) is 11.9. The van der Waals surface area contributed by atoms with E-state index in [1.807, 2.05) is 30.3 Å². The van der Waals surface area contributed by atoms with Gasteiger partial charge in [0.15, 0.2) is 5.76 Å². The van der Waals surface area contributed by atoms with Gasteiger partial charge >= 0.3 is 0 Å². The Morgan fingerprint density at radius 1 is 1.00 bits per heavy atom. The van der Waals surface area contributed by atoms with Crippen LogP contribution in [-0.4, -0.2) is 16.1 Å².